The first-order valence-corrected chi connectivity index (χ1v) is 6.12. The lowest BCUT2D eigenvalue weighted by Gasteiger charge is -2.12. The van der Waals surface area contributed by atoms with Gasteiger partial charge in [-0.3, -0.25) is 0 Å². The Balaban J connectivity index is 2.09. The SMILES string of the molecule is N#Cc1cc(C2(N)CC2)ccc1-c1ccccc1. The van der Waals surface area contributed by atoms with Crippen molar-refractivity contribution in [2.24, 2.45) is 5.73 Å². The van der Waals surface area contributed by atoms with Crippen LogP contribution < -0.4 is 5.73 Å². The molecule has 0 unspecified atom stereocenters. The Kier molecular flexibility index (Phi) is 2.43. The maximum Gasteiger partial charge on any atom is 0.0998 e. The van der Waals surface area contributed by atoms with E-state index < -0.39 is 0 Å². The van der Waals surface area contributed by atoms with Gasteiger partial charge in [0.2, 0.25) is 0 Å². The molecule has 2 aromatic carbocycles. The van der Waals surface area contributed by atoms with Crippen LogP contribution in [-0.2, 0) is 5.54 Å². The molecule has 0 aromatic heterocycles. The van der Waals surface area contributed by atoms with Crippen molar-refractivity contribution in [3.63, 3.8) is 0 Å². The van der Waals surface area contributed by atoms with E-state index in [-0.39, 0.29) is 5.54 Å². The third-order valence-electron chi connectivity index (χ3n) is 3.59. The van der Waals surface area contributed by atoms with Crippen LogP contribution in [0.15, 0.2) is 48.5 Å². The Morgan fingerprint density at radius 1 is 1.06 bits per heavy atom. The lowest BCUT2D eigenvalue weighted by Crippen LogP contribution is -2.18. The summed E-state index contributed by atoms with van der Waals surface area (Å²) in [6, 6.07) is 18.3. The van der Waals surface area contributed by atoms with Crippen LogP contribution in [-0.4, -0.2) is 0 Å². The minimum Gasteiger partial charge on any atom is -0.321 e. The molecule has 2 heteroatoms. The van der Waals surface area contributed by atoms with Gasteiger partial charge in [-0.2, -0.15) is 5.26 Å². The molecule has 0 spiro atoms. The fourth-order valence-electron chi connectivity index (χ4n) is 2.24. The summed E-state index contributed by atoms with van der Waals surface area (Å²) in [5.74, 6) is 0. The number of rotatable bonds is 2. The summed E-state index contributed by atoms with van der Waals surface area (Å²) in [6.07, 6.45) is 2.03. The average molecular weight is 234 g/mol. The second kappa shape index (κ2) is 3.97. The third-order valence-corrected chi connectivity index (χ3v) is 3.59. The summed E-state index contributed by atoms with van der Waals surface area (Å²) >= 11 is 0. The van der Waals surface area contributed by atoms with Crippen molar-refractivity contribution in [2.75, 3.05) is 0 Å². The highest BCUT2D eigenvalue weighted by Crippen LogP contribution is 2.43. The predicted octanol–water partition coefficient (Wildman–Crippen LogP) is 3.17. The largest absolute Gasteiger partial charge is 0.321 e. The predicted molar refractivity (Wildman–Crippen MR) is 71.7 cm³/mol. The molecule has 2 N–H and O–H groups in total. The normalized spacial score (nSPS) is 16.0. The van der Waals surface area contributed by atoms with Crippen molar-refractivity contribution in [2.45, 2.75) is 18.4 Å². The minimum atomic E-state index is -0.180. The molecule has 88 valence electrons. The summed E-state index contributed by atoms with van der Waals surface area (Å²) in [5, 5.41) is 9.30. The van der Waals surface area contributed by atoms with Gasteiger partial charge in [-0.1, -0.05) is 42.5 Å². The minimum absolute atomic E-state index is 0.180. The van der Waals surface area contributed by atoms with Crippen molar-refractivity contribution < 1.29 is 0 Å². The van der Waals surface area contributed by atoms with Crippen LogP contribution in [0.1, 0.15) is 24.0 Å². The van der Waals surface area contributed by atoms with Gasteiger partial charge < -0.3 is 5.73 Å². The van der Waals surface area contributed by atoms with Crippen molar-refractivity contribution in [1.29, 1.82) is 5.26 Å². The van der Waals surface area contributed by atoms with Gasteiger partial charge in [-0.25, -0.2) is 0 Å². The molecule has 0 radical (unpaired) electrons. The highest BCUT2D eigenvalue weighted by Gasteiger charge is 2.40. The Morgan fingerprint density at radius 2 is 1.78 bits per heavy atom. The van der Waals surface area contributed by atoms with E-state index in [1.807, 2.05) is 42.5 Å². The Bertz CT molecular complexity index is 619. The lowest BCUT2D eigenvalue weighted by atomic mass is 9.95. The number of hydrogen-bond acceptors (Lipinski definition) is 2. The molecule has 2 nitrogen and oxygen atoms in total. The van der Waals surface area contributed by atoms with Gasteiger partial charge in [-0.05, 0) is 35.6 Å². The van der Waals surface area contributed by atoms with Crippen molar-refractivity contribution in [3.8, 4) is 17.2 Å². The lowest BCUT2D eigenvalue weighted by molar-refractivity contribution is 0.740. The van der Waals surface area contributed by atoms with E-state index in [1.165, 1.54) is 0 Å². The first kappa shape index (κ1) is 11.0. The van der Waals surface area contributed by atoms with Gasteiger partial charge >= 0.3 is 0 Å². The van der Waals surface area contributed by atoms with Crippen LogP contribution in [0.4, 0.5) is 0 Å². The summed E-state index contributed by atoms with van der Waals surface area (Å²) in [4.78, 5) is 0. The van der Waals surface area contributed by atoms with E-state index in [4.69, 9.17) is 5.73 Å². The Morgan fingerprint density at radius 3 is 2.39 bits per heavy atom. The van der Waals surface area contributed by atoms with Gasteiger partial charge in [0, 0.05) is 5.54 Å². The van der Waals surface area contributed by atoms with Gasteiger partial charge in [0.15, 0.2) is 0 Å². The molecular weight excluding hydrogens is 220 g/mol. The third kappa shape index (κ3) is 1.79. The summed E-state index contributed by atoms with van der Waals surface area (Å²) in [5.41, 5.74) is 9.83. The number of hydrogen-bond donors (Lipinski definition) is 1. The molecule has 0 atom stereocenters. The molecule has 1 aliphatic carbocycles. The van der Waals surface area contributed by atoms with E-state index in [9.17, 15) is 5.26 Å². The molecule has 0 aliphatic heterocycles. The number of nitrogens with zero attached hydrogens (tertiary/aromatic N) is 1. The van der Waals surface area contributed by atoms with Gasteiger partial charge in [0.1, 0.15) is 0 Å². The monoisotopic (exact) mass is 234 g/mol. The zero-order valence-electron chi connectivity index (χ0n) is 10.1. The molecule has 0 amide bonds. The first-order chi connectivity index (χ1) is 8.73. The molecule has 0 saturated heterocycles. The second-order valence-corrected chi connectivity index (χ2v) is 4.89. The Labute approximate surface area is 107 Å². The Hall–Kier alpha value is -2.11. The summed E-state index contributed by atoms with van der Waals surface area (Å²) in [6.45, 7) is 0. The standard InChI is InChI=1S/C16H14N2/c17-11-13-10-14(16(18)8-9-16)6-7-15(13)12-4-2-1-3-5-12/h1-7,10H,8-9,18H2. The van der Waals surface area contributed by atoms with Crippen molar-refractivity contribution in [3.05, 3.63) is 59.7 Å². The molecule has 1 saturated carbocycles. The highest BCUT2D eigenvalue weighted by atomic mass is 14.8. The smallest absolute Gasteiger partial charge is 0.0998 e. The van der Waals surface area contributed by atoms with E-state index in [0.717, 1.165) is 29.5 Å². The topological polar surface area (TPSA) is 49.8 Å². The number of nitriles is 1. The second-order valence-electron chi connectivity index (χ2n) is 4.89. The average Bonchev–Trinajstić information content (AvgIpc) is 3.18. The van der Waals surface area contributed by atoms with Crippen molar-refractivity contribution >= 4 is 0 Å². The fraction of sp³-hybridized carbons (Fsp3) is 0.188. The molecule has 18 heavy (non-hydrogen) atoms. The maximum absolute atomic E-state index is 9.30. The molecular formula is C16H14N2. The first-order valence-electron chi connectivity index (χ1n) is 6.12. The zero-order chi connectivity index (χ0) is 12.6. The maximum atomic E-state index is 9.30. The van der Waals surface area contributed by atoms with Crippen LogP contribution in [0.25, 0.3) is 11.1 Å². The molecule has 0 bridgehead atoms. The molecule has 3 rings (SSSR count). The summed E-state index contributed by atoms with van der Waals surface area (Å²) < 4.78 is 0. The van der Waals surface area contributed by atoms with E-state index in [1.54, 1.807) is 0 Å². The summed E-state index contributed by atoms with van der Waals surface area (Å²) in [7, 11) is 0. The van der Waals surface area contributed by atoms with Crippen LogP contribution in [0.5, 0.6) is 0 Å². The number of nitrogens with two attached hydrogens (primary N) is 1. The number of benzene rings is 2. The molecule has 1 fully saturated rings. The van der Waals surface area contributed by atoms with E-state index in [2.05, 4.69) is 12.1 Å². The molecule has 0 heterocycles. The van der Waals surface area contributed by atoms with Crippen molar-refractivity contribution in [1.82, 2.24) is 0 Å². The van der Waals surface area contributed by atoms with E-state index in [0.29, 0.717) is 5.56 Å². The highest BCUT2D eigenvalue weighted by molar-refractivity contribution is 5.71. The molecule has 2 aromatic rings. The van der Waals surface area contributed by atoms with Gasteiger partial charge in [0.05, 0.1) is 11.6 Å². The molecule has 1 aliphatic rings. The van der Waals surface area contributed by atoms with Crippen LogP contribution in [0.3, 0.4) is 0 Å². The fourth-order valence-corrected chi connectivity index (χ4v) is 2.24. The quantitative estimate of drug-likeness (QED) is 0.867. The zero-order valence-corrected chi connectivity index (χ0v) is 10.1. The van der Waals surface area contributed by atoms with Crippen LogP contribution in [0, 0.1) is 11.3 Å². The van der Waals surface area contributed by atoms with E-state index >= 15 is 0 Å². The van der Waals surface area contributed by atoms with Gasteiger partial charge in [-0.15, -0.1) is 0 Å². The van der Waals surface area contributed by atoms with Crippen LogP contribution >= 0.6 is 0 Å². The van der Waals surface area contributed by atoms with Crippen LogP contribution in [0.2, 0.25) is 0 Å². The van der Waals surface area contributed by atoms with Gasteiger partial charge in [0.25, 0.3) is 0 Å².